The summed E-state index contributed by atoms with van der Waals surface area (Å²) in [6.07, 6.45) is 0. The maximum atomic E-state index is 7.33. The van der Waals surface area contributed by atoms with Crippen molar-refractivity contribution in [1.29, 1.82) is 5.41 Å². The summed E-state index contributed by atoms with van der Waals surface area (Å²) in [5.74, 6) is 0.799. The molecule has 2 aromatic carbocycles. The topological polar surface area (TPSA) is 101 Å². The van der Waals surface area contributed by atoms with Crippen LogP contribution in [0.1, 0.15) is 11.5 Å². The number of nitrogens with two attached hydrogens (primary N) is 1. The highest BCUT2D eigenvalue weighted by Crippen LogP contribution is 2.25. The third-order valence-electron chi connectivity index (χ3n) is 3.61. The smallest absolute Gasteiger partial charge is 0.206 e. The molecule has 2 aromatic heterocycles. The van der Waals surface area contributed by atoms with Crippen LogP contribution in [0.3, 0.4) is 0 Å². The molecule has 0 spiro atoms. The van der Waals surface area contributed by atoms with Crippen molar-refractivity contribution in [2.45, 2.75) is 0 Å². The summed E-state index contributed by atoms with van der Waals surface area (Å²) < 4.78 is 11.7. The second-order valence-electron chi connectivity index (χ2n) is 5.28. The van der Waals surface area contributed by atoms with Crippen LogP contribution in [0, 0.1) is 5.41 Å². The van der Waals surface area contributed by atoms with Crippen LogP contribution in [0.15, 0.2) is 74.6 Å². The quantitative estimate of drug-likeness (QED) is 0.295. The lowest BCUT2D eigenvalue weighted by atomic mass is 10.2. The van der Waals surface area contributed by atoms with E-state index < -0.39 is 0 Å². The maximum absolute atomic E-state index is 7.33. The first-order chi connectivity index (χ1) is 11.7. The second kappa shape index (κ2) is 6.70. The van der Waals surface area contributed by atoms with Crippen LogP contribution in [0.5, 0.6) is 0 Å². The minimum absolute atomic E-state index is 0. The molecule has 0 saturated heterocycles. The van der Waals surface area contributed by atoms with Crippen LogP contribution in [-0.4, -0.2) is 11.7 Å². The maximum Gasteiger partial charge on any atom is 0.206 e. The van der Waals surface area contributed by atoms with E-state index in [1.54, 1.807) is 0 Å². The summed E-state index contributed by atoms with van der Waals surface area (Å²) in [5, 5.41) is 13.4. The summed E-state index contributed by atoms with van der Waals surface area (Å²) in [5.41, 5.74) is 9.75. The third kappa shape index (κ3) is 3.20. The van der Waals surface area contributed by atoms with Gasteiger partial charge in [-0.2, -0.15) is 5.10 Å². The highest BCUT2D eigenvalue weighted by Gasteiger charge is 2.17. The van der Waals surface area contributed by atoms with Crippen molar-refractivity contribution in [1.82, 2.24) is 5.43 Å². The van der Waals surface area contributed by atoms with Gasteiger partial charge in [-0.05, 0) is 24.3 Å². The fourth-order valence-electron chi connectivity index (χ4n) is 2.54. The van der Waals surface area contributed by atoms with Crippen molar-refractivity contribution < 1.29 is 8.83 Å². The molecule has 4 aromatic rings. The van der Waals surface area contributed by atoms with Gasteiger partial charge < -0.3 is 14.6 Å². The van der Waals surface area contributed by atoms with Crippen LogP contribution in [0.25, 0.3) is 21.9 Å². The standard InChI is InChI=1S/C18H14N4O2.ClH/c19-18(20)22-21-17(15-9-11-5-1-3-7-13(11)23-15)16-10-12-6-2-4-8-14(12)24-16;/h1-10H,(H4,19,20,22);1H. The molecule has 2 heterocycles. The molecular formula is C18H15ClN4O2. The van der Waals surface area contributed by atoms with Crippen LogP contribution >= 0.6 is 12.4 Å². The number of hydrazone groups is 1. The van der Waals surface area contributed by atoms with E-state index in [0.717, 1.165) is 21.9 Å². The van der Waals surface area contributed by atoms with Crippen LogP contribution in [-0.2, 0) is 0 Å². The van der Waals surface area contributed by atoms with Gasteiger partial charge >= 0.3 is 0 Å². The Morgan fingerprint density at radius 1 is 0.880 bits per heavy atom. The van der Waals surface area contributed by atoms with Gasteiger partial charge in [0.2, 0.25) is 5.96 Å². The lowest BCUT2D eigenvalue weighted by Crippen LogP contribution is -2.27. The fraction of sp³-hybridized carbons (Fsp3) is 0. The molecule has 0 aliphatic rings. The largest absolute Gasteiger partial charge is 0.454 e. The van der Waals surface area contributed by atoms with E-state index in [0.29, 0.717) is 17.2 Å². The van der Waals surface area contributed by atoms with Crippen molar-refractivity contribution in [2.24, 2.45) is 10.8 Å². The number of para-hydroxylation sites is 2. The Bertz CT molecular complexity index is 939. The number of benzene rings is 2. The Morgan fingerprint density at radius 2 is 1.36 bits per heavy atom. The normalized spacial score (nSPS) is 10.4. The molecule has 0 fully saturated rings. The van der Waals surface area contributed by atoms with E-state index in [-0.39, 0.29) is 18.4 Å². The van der Waals surface area contributed by atoms with Gasteiger partial charge in [-0.15, -0.1) is 12.4 Å². The summed E-state index contributed by atoms with van der Waals surface area (Å²) in [4.78, 5) is 0. The van der Waals surface area contributed by atoms with Crippen molar-refractivity contribution in [2.75, 3.05) is 0 Å². The number of rotatable bonds is 3. The SMILES string of the molecule is Cl.N=C(N)NN=C(c1cc2ccccc2o1)c1cc2ccccc2o1. The van der Waals surface area contributed by atoms with E-state index in [1.165, 1.54) is 0 Å². The lowest BCUT2D eigenvalue weighted by molar-refractivity contribution is 0.582. The van der Waals surface area contributed by atoms with Gasteiger partial charge in [-0.25, -0.2) is 5.43 Å². The number of guanidine groups is 1. The molecule has 25 heavy (non-hydrogen) atoms. The van der Waals surface area contributed by atoms with Crippen molar-refractivity contribution >= 4 is 46.0 Å². The Labute approximate surface area is 149 Å². The Balaban J connectivity index is 0.00000182. The number of furan rings is 2. The summed E-state index contributed by atoms with van der Waals surface area (Å²) in [6.45, 7) is 0. The first-order valence-corrected chi connectivity index (χ1v) is 7.36. The molecule has 0 saturated carbocycles. The first kappa shape index (κ1) is 16.6. The highest BCUT2D eigenvalue weighted by atomic mass is 35.5. The average molecular weight is 355 g/mol. The van der Waals surface area contributed by atoms with Gasteiger partial charge in [0.05, 0.1) is 0 Å². The van der Waals surface area contributed by atoms with Gasteiger partial charge in [0.15, 0.2) is 17.2 Å². The monoisotopic (exact) mass is 354 g/mol. The van der Waals surface area contributed by atoms with Gasteiger partial charge in [0, 0.05) is 10.8 Å². The van der Waals surface area contributed by atoms with Crippen LogP contribution in [0.4, 0.5) is 0 Å². The van der Waals surface area contributed by atoms with E-state index in [4.69, 9.17) is 20.0 Å². The minimum atomic E-state index is -0.264. The van der Waals surface area contributed by atoms with Gasteiger partial charge in [0.1, 0.15) is 11.2 Å². The Hall–Kier alpha value is -3.25. The van der Waals surface area contributed by atoms with Crippen molar-refractivity contribution in [3.05, 3.63) is 72.2 Å². The van der Waals surface area contributed by atoms with E-state index in [2.05, 4.69) is 10.5 Å². The molecule has 0 aliphatic heterocycles. The number of fused-ring (bicyclic) bond motifs is 2. The lowest BCUT2D eigenvalue weighted by Gasteiger charge is -2.01. The van der Waals surface area contributed by atoms with E-state index in [9.17, 15) is 0 Å². The Morgan fingerprint density at radius 3 is 1.80 bits per heavy atom. The van der Waals surface area contributed by atoms with Crippen LogP contribution < -0.4 is 11.2 Å². The predicted molar refractivity (Wildman–Crippen MR) is 100 cm³/mol. The zero-order valence-corrected chi connectivity index (χ0v) is 13.8. The molecule has 7 heteroatoms. The molecule has 0 bridgehead atoms. The second-order valence-corrected chi connectivity index (χ2v) is 5.28. The van der Waals surface area contributed by atoms with E-state index in [1.807, 2.05) is 60.7 Å². The molecule has 0 unspecified atom stereocenters. The molecular weight excluding hydrogens is 340 g/mol. The number of hydrogen-bond donors (Lipinski definition) is 3. The molecule has 0 atom stereocenters. The predicted octanol–water partition coefficient (Wildman–Crippen LogP) is 3.84. The third-order valence-corrected chi connectivity index (χ3v) is 3.61. The highest BCUT2D eigenvalue weighted by molar-refractivity contribution is 6.12. The molecule has 126 valence electrons. The summed E-state index contributed by atoms with van der Waals surface area (Å²) in [7, 11) is 0. The fourth-order valence-corrected chi connectivity index (χ4v) is 2.54. The zero-order valence-electron chi connectivity index (χ0n) is 13.0. The van der Waals surface area contributed by atoms with Gasteiger partial charge in [-0.3, -0.25) is 5.41 Å². The molecule has 6 nitrogen and oxygen atoms in total. The molecule has 0 amide bonds. The van der Waals surface area contributed by atoms with Crippen LogP contribution in [0.2, 0.25) is 0 Å². The summed E-state index contributed by atoms with van der Waals surface area (Å²) in [6, 6.07) is 19.1. The molecule has 0 radical (unpaired) electrons. The summed E-state index contributed by atoms with van der Waals surface area (Å²) >= 11 is 0. The molecule has 4 N–H and O–H groups in total. The van der Waals surface area contributed by atoms with Gasteiger partial charge in [-0.1, -0.05) is 36.4 Å². The average Bonchev–Trinajstić information content (AvgIpc) is 3.18. The van der Waals surface area contributed by atoms with E-state index >= 15 is 0 Å². The van der Waals surface area contributed by atoms with Crippen molar-refractivity contribution in [3.63, 3.8) is 0 Å². The number of nitrogens with one attached hydrogen (secondary N) is 2. The first-order valence-electron chi connectivity index (χ1n) is 7.36. The number of nitrogens with zero attached hydrogens (tertiary/aromatic N) is 1. The molecule has 0 aliphatic carbocycles. The van der Waals surface area contributed by atoms with Crippen molar-refractivity contribution in [3.8, 4) is 0 Å². The number of halogens is 1. The van der Waals surface area contributed by atoms with Gasteiger partial charge in [0.25, 0.3) is 0 Å². The molecule has 4 rings (SSSR count). The zero-order chi connectivity index (χ0) is 16.5. The Kier molecular flexibility index (Phi) is 4.45. The minimum Gasteiger partial charge on any atom is -0.454 e. The number of hydrogen-bond acceptors (Lipinski definition) is 4.